The summed E-state index contributed by atoms with van der Waals surface area (Å²) in [6.45, 7) is 3.88. The molecule has 8 heteroatoms. The maximum atomic E-state index is 11.2. The Bertz CT molecular complexity index is 757. The number of carboxylic acids is 1. The second-order valence-electron chi connectivity index (χ2n) is 5.63. The molecule has 0 aliphatic heterocycles. The number of aliphatic carboxylic acids is 1. The number of hydrogen-bond donors (Lipinski definition) is 2. The largest absolute Gasteiger partial charge is 0.480 e. The minimum atomic E-state index is -0.921. The minimum Gasteiger partial charge on any atom is -0.480 e. The Morgan fingerprint density at radius 2 is 2.08 bits per heavy atom. The van der Waals surface area contributed by atoms with Crippen LogP contribution in [-0.4, -0.2) is 22.0 Å². The summed E-state index contributed by atoms with van der Waals surface area (Å²) in [6, 6.07) is 6.85. The van der Waals surface area contributed by atoms with E-state index in [9.17, 15) is 14.9 Å². The van der Waals surface area contributed by atoms with E-state index < -0.39 is 16.9 Å². The van der Waals surface area contributed by atoms with Crippen LogP contribution < -0.4 is 5.32 Å². The third-order valence-electron chi connectivity index (χ3n) is 3.52. The second kappa shape index (κ2) is 7.46. The lowest BCUT2D eigenvalue weighted by molar-refractivity contribution is -0.384. The van der Waals surface area contributed by atoms with Gasteiger partial charge in [-0.1, -0.05) is 25.4 Å². The molecule has 7 nitrogen and oxygen atoms in total. The monoisotopic (exact) mass is 352 g/mol. The average molecular weight is 353 g/mol. The quantitative estimate of drug-likeness (QED) is 0.581. The predicted molar refractivity (Wildman–Crippen MR) is 88.9 cm³/mol. The summed E-state index contributed by atoms with van der Waals surface area (Å²) in [5.74, 6) is 0.0191. The second-order valence-corrected chi connectivity index (χ2v) is 6.04. The van der Waals surface area contributed by atoms with E-state index in [4.69, 9.17) is 21.1 Å². The topological polar surface area (TPSA) is 106 Å². The summed E-state index contributed by atoms with van der Waals surface area (Å²) in [5.41, 5.74) is 0.436. The van der Waals surface area contributed by atoms with Gasteiger partial charge in [-0.25, -0.2) is 0 Å². The van der Waals surface area contributed by atoms with Crippen LogP contribution in [0.25, 0.3) is 11.3 Å². The first-order valence-electron chi connectivity index (χ1n) is 7.28. The summed E-state index contributed by atoms with van der Waals surface area (Å²) < 4.78 is 5.65. The average Bonchev–Trinajstić information content (AvgIpc) is 2.95. The number of rotatable bonds is 7. The van der Waals surface area contributed by atoms with Crippen LogP contribution in [0.4, 0.5) is 5.69 Å². The van der Waals surface area contributed by atoms with E-state index in [2.05, 4.69) is 5.32 Å². The van der Waals surface area contributed by atoms with Crippen molar-refractivity contribution in [1.29, 1.82) is 0 Å². The van der Waals surface area contributed by atoms with Gasteiger partial charge in [-0.05, 0) is 24.1 Å². The lowest BCUT2D eigenvalue weighted by Crippen LogP contribution is -2.40. The van der Waals surface area contributed by atoms with E-state index in [1.165, 1.54) is 18.2 Å². The Morgan fingerprint density at radius 3 is 2.62 bits per heavy atom. The molecule has 0 unspecified atom stereocenters. The number of benzene rings is 1. The maximum Gasteiger partial charge on any atom is 0.320 e. The number of carbonyl (C=O) groups is 1. The summed E-state index contributed by atoms with van der Waals surface area (Å²) >= 11 is 6.07. The van der Waals surface area contributed by atoms with E-state index in [1.807, 2.05) is 13.8 Å². The van der Waals surface area contributed by atoms with Crippen molar-refractivity contribution in [2.24, 2.45) is 5.92 Å². The number of furan rings is 1. The van der Waals surface area contributed by atoms with Gasteiger partial charge in [-0.2, -0.15) is 0 Å². The molecule has 0 bridgehead atoms. The molecule has 0 aliphatic rings. The van der Waals surface area contributed by atoms with Crippen LogP contribution in [0.5, 0.6) is 0 Å². The molecule has 2 rings (SSSR count). The van der Waals surface area contributed by atoms with E-state index >= 15 is 0 Å². The number of non-ortho nitro benzene ring substituents is 1. The van der Waals surface area contributed by atoms with Gasteiger partial charge in [-0.3, -0.25) is 20.2 Å². The molecule has 2 aromatic rings. The molecule has 128 valence electrons. The first-order chi connectivity index (χ1) is 11.3. The first kappa shape index (κ1) is 18.0. The van der Waals surface area contributed by atoms with Crippen molar-refractivity contribution in [3.05, 3.63) is 51.2 Å². The molecule has 24 heavy (non-hydrogen) atoms. The van der Waals surface area contributed by atoms with Crippen LogP contribution in [0.3, 0.4) is 0 Å². The number of halogens is 1. The van der Waals surface area contributed by atoms with Gasteiger partial charge < -0.3 is 9.52 Å². The lowest BCUT2D eigenvalue weighted by Gasteiger charge is -2.16. The maximum absolute atomic E-state index is 11.2. The Balaban J connectivity index is 2.13. The minimum absolute atomic E-state index is 0.0685. The molecule has 1 aromatic heterocycles. The molecule has 0 amide bonds. The molecule has 0 spiro atoms. The zero-order chi connectivity index (χ0) is 17.9. The van der Waals surface area contributed by atoms with Crippen molar-refractivity contribution < 1.29 is 19.2 Å². The lowest BCUT2D eigenvalue weighted by atomic mass is 10.1. The van der Waals surface area contributed by atoms with Crippen LogP contribution in [0.15, 0.2) is 34.7 Å². The number of nitro groups is 1. The summed E-state index contributed by atoms with van der Waals surface area (Å²) in [6.07, 6.45) is 0. The van der Waals surface area contributed by atoms with Gasteiger partial charge in [0.25, 0.3) is 5.69 Å². The Labute approximate surface area is 143 Å². The Hall–Kier alpha value is -2.38. The van der Waals surface area contributed by atoms with Crippen molar-refractivity contribution in [3.63, 3.8) is 0 Å². The zero-order valence-corrected chi connectivity index (χ0v) is 13.9. The Morgan fingerprint density at radius 1 is 1.38 bits per heavy atom. The van der Waals surface area contributed by atoms with Crippen LogP contribution >= 0.6 is 11.6 Å². The van der Waals surface area contributed by atoms with Gasteiger partial charge in [0.05, 0.1) is 16.5 Å². The van der Waals surface area contributed by atoms with Gasteiger partial charge in [0.1, 0.15) is 17.6 Å². The van der Waals surface area contributed by atoms with Crippen LogP contribution in [-0.2, 0) is 11.3 Å². The first-order valence-corrected chi connectivity index (χ1v) is 7.66. The highest BCUT2D eigenvalue weighted by Gasteiger charge is 2.21. The van der Waals surface area contributed by atoms with Crippen molar-refractivity contribution in [1.82, 2.24) is 5.32 Å². The van der Waals surface area contributed by atoms with Crippen LogP contribution in [0.2, 0.25) is 5.02 Å². The van der Waals surface area contributed by atoms with Crippen molar-refractivity contribution in [2.75, 3.05) is 0 Å². The fourth-order valence-corrected chi connectivity index (χ4v) is 2.52. The molecule has 0 fully saturated rings. The van der Waals surface area contributed by atoms with E-state index in [-0.39, 0.29) is 23.2 Å². The number of hydrogen-bond acceptors (Lipinski definition) is 5. The molecule has 1 aromatic carbocycles. The fraction of sp³-hybridized carbons (Fsp3) is 0.312. The molecule has 0 aliphatic carbocycles. The van der Waals surface area contributed by atoms with Gasteiger partial charge in [0.15, 0.2) is 0 Å². The number of nitrogens with one attached hydrogen (secondary N) is 1. The van der Waals surface area contributed by atoms with Gasteiger partial charge >= 0.3 is 5.97 Å². The van der Waals surface area contributed by atoms with Gasteiger partial charge in [0.2, 0.25) is 0 Å². The summed E-state index contributed by atoms with van der Waals surface area (Å²) in [4.78, 5) is 21.4. The molecular formula is C16H17ClN2O5. The highest BCUT2D eigenvalue weighted by molar-refractivity contribution is 6.33. The summed E-state index contributed by atoms with van der Waals surface area (Å²) in [7, 11) is 0. The third-order valence-corrected chi connectivity index (χ3v) is 3.83. The van der Waals surface area contributed by atoms with Crippen molar-refractivity contribution in [3.8, 4) is 11.3 Å². The SMILES string of the molecule is CC(C)[C@@H](NCc1ccc(-c2ccc([N+](=O)[O-])cc2Cl)o1)C(=O)O. The molecule has 0 saturated carbocycles. The smallest absolute Gasteiger partial charge is 0.320 e. The Kier molecular flexibility index (Phi) is 5.58. The molecule has 2 N–H and O–H groups in total. The van der Waals surface area contributed by atoms with Crippen molar-refractivity contribution in [2.45, 2.75) is 26.4 Å². The molecule has 1 atom stereocenters. The summed E-state index contributed by atoms with van der Waals surface area (Å²) in [5, 5.41) is 23.0. The molecule has 0 radical (unpaired) electrons. The highest BCUT2D eigenvalue weighted by Crippen LogP contribution is 2.32. The van der Waals surface area contributed by atoms with Crippen LogP contribution in [0.1, 0.15) is 19.6 Å². The molecular weight excluding hydrogens is 336 g/mol. The highest BCUT2D eigenvalue weighted by atomic mass is 35.5. The normalized spacial score (nSPS) is 12.3. The van der Waals surface area contributed by atoms with Gasteiger partial charge in [0, 0.05) is 17.7 Å². The number of carboxylic acid groups (broad SMARTS) is 1. The van der Waals surface area contributed by atoms with Crippen molar-refractivity contribution >= 4 is 23.3 Å². The molecule has 1 heterocycles. The van der Waals surface area contributed by atoms with E-state index in [0.29, 0.717) is 17.1 Å². The standard InChI is InChI=1S/C16H17ClN2O5/c1-9(2)15(16(20)21)18-8-11-4-6-14(24-11)12-5-3-10(19(22)23)7-13(12)17/h3-7,9,15,18H,8H2,1-2H3,(H,20,21)/t15-/m1/s1. The predicted octanol–water partition coefficient (Wildman–Crippen LogP) is 3.71. The zero-order valence-electron chi connectivity index (χ0n) is 13.2. The third kappa shape index (κ3) is 4.12. The molecule has 0 saturated heterocycles. The van der Waals surface area contributed by atoms with E-state index in [1.54, 1.807) is 12.1 Å². The van der Waals surface area contributed by atoms with E-state index in [0.717, 1.165) is 0 Å². The van der Waals surface area contributed by atoms with Crippen LogP contribution in [0, 0.1) is 16.0 Å². The number of nitrogens with zero attached hydrogens (tertiary/aromatic N) is 1. The fourth-order valence-electron chi connectivity index (χ4n) is 2.25. The number of nitro benzene ring substituents is 1. The van der Waals surface area contributed by atoms with Gasteiger partial charge in [-0.15, -0.1) is 0 Å².